The first kappa shape index (κ1) is 11.0. The van der Waals surface area contributed by atoms with Crippen molar-refractivity contribution >= 4 is 31.9 Å². The number of hydrogen-bond acceptors (Lipinski definition) is 1. The molecule has 0 aliphatic heterocycles. The van der Waals surface area contributed by atoms with Crippen molar-refractivity contribution in [3.05, 3.63) is 27.7 Å². The molecular weight excluding hydrogens is 315 g/mol. The van der Waals surface area contributed by atoms with Crippen molar-refractivity contribution in [1.82, 2.24) is 4.98 Å². The van der Waals surface area contributed by atoms with E-state index in [1.807, 2.05) is 0 Å². The van der Waals surface area contributed by atoms with Crippen LogP contribution in [0.4, 0.5) is 13.2 Å². The van der Waals surface area contributed by atoms with Gasteiger partial charge in [0.15, 0.2) is 0 Å². The van der Waals surface area contributed by atoms with Gasteiger partial charge in [-0.15, -0.1) is 0 Å². The Morgan fingerprint density at radius 1 is 1.46 bits per heavy atom. The predicted octanol–water partition coefficient (Wildman–Crippen LogP) is 3.82. The maximum atomic E-state index is 12.9. The monoisotopic (exact) mass is 317 g/mol. The molecular formula is C7H4Br2F3N. The molecule has 0 amide bonds. The fraction of sp³-hybridized carbons (Fsp3) is 0.286. The van der Waals surface area contributed by atoms with Crippen LogP contribution in [0.25, 0.3) is 0 Å². The molecule has 1 nitrogen and oxygen atoms in total. The van der Waals surface area contributed by atoms with E-state index in [1.54, 1.807) is 0 Å². The van der Waals surface area contributed by atoms with Crippen LogP contribution < -0.4 is 0 Å². The molecule has 0 aliphatic carbocycles. The molecule has 0 atom stereocenters. The van der Waals surface area contributed by atoms with Crippen LogP contribution in [0.15, 0.2) is 10.7 Å². The minimum absolute atomic E-state index is 0.0188. The minimum atomic E-state index is -2.71. The molecule has 0 aromatic carbocycles. The highest BCUT2D eigenvalue weighted by molar-refractivity contribution is 9.10. The van der Waals surface area contributed by atoms with Gasteiger partial charge in [-0.05, 0) is 15.9 Å². The Morgan fingerprint density at radius 2 is 2.08 bits per heavy atom. The van der Waals surface area contributed by atoms with E-state index >= 15 is 0 Å². The maximum Gasteiger partial charge on any atom is 0.265 e. The van der Waals surface area contributed by atoms with Gasteiger partial charge in [-0.2, -0.15) is 4.39 Å². The summed E-state index contributed by atoms with van der Waals surface area (Å²) in [5.74, 6) is -0.865. The van der Waals surface area contributed by atoms with Crippen LogP contribution in [0.1, 0.15) is 17.6 Å². The first-order valence-electron chi connectivity index (χ1n) is 3.24. The molecule has 0 radical (unpaired) electrons. The Balaban J connectivity index is 3.35. The Hall–Kier alpha value is -0.100. The summed E-state index contributed by atoms with van der Waals surface area (Å²) in [5, 5.41) is 0.0188. The zero-order valence-corrected chi connectivity index (χ0v) is 9.37. The van der Waals surface area contributed by atoms with Crippen LogP contribution in [0.3, 0.4) is 0 Å². The number of pyridine rings is 1. The van der Waals surface area contributed by atoms with E-state index in [-0.39, 0.29) is 20.9 Å². The summed E-state index contributed by atoms with van der Waals surface area (Å²) in [6.45, 7) is 0. The van der Waals surface area contributed by atoms with Crippen LogP contribution in [0.2, 0.25) is 0 Å². The van der Waals surface area contributed by atoms with Gasteiger partial charge < -0.3 is 0 Å². The van der Waals surface area contributed by atoms with Gasteiger partial charge >= 0.3 is 0 Å². The molecule has 0 spiro atoms. The van der Waals surface area contributed by atoms with E-state index in [2.05, 4.69) is 36.8 Å². The average Bonchev–Trinajstić information content (AvgIpc) is 2.07. The lowest BCUT2D eigenvalue weighted by atomic mass is 10.1. The highest BCUT2D eigenvalue weighted by Crippen LogP contribution is 2.32. The zero-order valence-electron chi connectivity index (χ0n) is 6.20. The van der Waals surface area contributed by atoms with Gasteiger partial charge in [-0.1, -0.05) is 15.9 Å². The molecule has 1 aromatic heterocycles. The summed E-state index contributed by atoms with van der Waals surface area (Å²) in [6, 6.07) is 0. The van der Waals surface area contributed by atoms with Gasteiger partial charge in [0, 0.05) is 27.1 Å². The first-order valence-corrected chi connectivity index (χ1v) is 5.16. The fourth-order valence-corrected chi connectivity index (χ4v) is 1.93. The minimum Gasteiger partial charge on any atom is -0.227 e. The SMILES string of the molecule is Fc1ncc(Br)c(C(F)F)c1CBr. The molecule has 72 valence electrons. The molecule has 1 rings (SSSR count). The second-order valence-corrected chi connectivity index (χ2v) is 3.64. The van der Waals surface area contributed by atoms with Crippen molar-refractivity contribution in [2.24, 2.45) is 0 Å². The standard InChI is InChI=1S/C7H4Br2F3N/c8-1-3-5(6(10)11)4(9)2-13-7(3)12/h2,6H,1H2. The lowest BCUT2D eigenvalue weighted by molar-refractivity contribution is 0.149. The molecule has 0 saturated heterocycles. The third-order valence-corrected chi connectivity index (χ3v) is 2.67. The molecule has 0 bridgehead atoms. The second-order valence-electron chi connectivity index (χ2n) is 2.22. The molecule has 0 fully saturated rings. The van der Waals surface area contributed by atoms with E-state index in [0.717, 1.165) is 6.20 Å². The third kappa shape index (κ3) is 2.22. The number of alkyl halides is 3. The van der Waals surface area contributed by atoms with Crippen LogP contribution in [0.5, 0.6) is 0 Å². The summed E-state index contributed by atoms with van der Waals surface area (Å²) >= 11 is 5.82. The van der Waals surface area contributed by atoms with E-state index in [9.17, 15) is 13.2 Å². The van der Waals surface area contributed by atoms with Gasteiger partial charge in [0.2, 0.25) is 5.95 Å². The normalized spacial score (nSPS) is 10.9. The summed E-state index contributed by atoms with van der Waals surface area (Å²) in [4.78, 5) is 3.32. The molecule has 0 N–H and O–H groups in total. The molecule has 0 saturated carbocycles. The zero-order chi connectivity index (χ0) is 10.0. The fourth-order valence-electron chi connectivity index (χ4n) is 0.879. The number of nitrogens with zero attached hydrogens (tertiary/aromatic N) is 1. The maximum absolute atomic E-state index is 12.9. The van der Waals surface area contributed by atoms with Gasteiger partial charge in [0.1, 0.15) is 0 Å². The molecule has 1 heterocycles. The Morgan fingerprint density at radius 3 is 2.46 bits per heavy atom. The van der Waals surface area contributed by atoms with Gasteiger partial charge in [0.25, 0.3) is 6.43 Å². The predicted molar refractivity (Wildman–Crippen MR) is 49.5 cm³/mol. The van der Waals surface area contributed by atoms with E-state index < -0.39 is 12.4 Å². The van der Waals surface area contributed by atoms with E-state index in [4.69, 9.17) is 0 Å². The summed E-state index contributed by atoms with van der Waals surface area (Å²) in [7, 11) is 0. The molecule has 0 aliphatic rings. The Bertz CT molecular complexity index is 317. The van der Waals surface area contributed by atoms with Gasteiger partial charge in [-0.3, -0.25) is 0 Å². The highest BCUT2D eigenvalue weighted by atomic mass is 79.9. The smallest absolute Gasteiger partial charge is 0.227 e. The molecule has 6 heteroatoms. The van der Waals surface area contributed by atoms with Crippen molar-refractivity contribution < 1.29 is 13.2 Å². The lowest BCUT2D eigenvalue weighted by Gasteiger charge is -2.08. The van der Waals surface area contributed by atoms with E-state index in [1.165, 1.54) is 0 Å². The third-order valence-electron chi connectivity index (χ3n) is 1.47. The number of hydrogen-bond donors (Lipinski definition) is 0. The second kappa shape index (κ2) is 4.41. The summed E-state index contributed by atoms with van der Waals surface area (Å²) in [6.07, 6.45) is -1.68. The van der Waals surface area contributed by atoms with E-state index in [0.29, 0.717) is 0 Å². The van der Waals surface area contributed by atoms with Crippen molar-refractivity contribution in [1.29, 1.82) is 0 Å². The van der Waals surface area contributed by atoms with Crippen LogP contribution >= 0.6 is 31.9 Å². The Kier molecular flexibility index (Phi) is 3.73. The molecule has 13 heavy (non-hydrogen) atoms. The number of halogens is 5. The lowest BCUT2D eigenvalue weighted by Crippen LogP contribution is -2.00. The topological polar surface area (TPSA) is 12.9 Å². The van der Waals surface area contributed by atoms with Crippen LogP contribution in [-0.2, 0) is 5.33 Å². The first-order chi connectivity index (χ1) is 6.07. The Labute approximate surface area is 89.6 Å². The number of aromatic nitrogens is 1. The highest BCUT2D eigenvalue weighted by Gasteiger charge is 2.20. The largest absolute Gasteiger partial charge is 0.265 e. The van der Waals surface area contributed by atoms with Crippen molar-refractivity contribution in [3.8, 4) is 0 Å². The number of rotatable bonds is 2. The van der Waals surface area contributed by atoms with Crippen LogP contribution in [-0.4, -0.2) is 4.98 Å². The van der Waals surface area contributed by atoms with Gasteiger partial charge in [-0.25, -0.2) is 13.8 Å². The molecule has 0 unspecified atom stereocenters. The van der Waals surface area contributed by atoms with Crippen molar-refractivity contribution in [3.63, 3.8) is 0 Å². The quantitative estimate of drug-likeness (QED) is 0.597. The summed E-state index contributed by atoms with van der Waals surface area (Å²) in [5.41, 5.74) is -0.450. The summed E-state index contributed by atoms with van der Waals surface area (Å²) < 4.78 is 37.8. The van der Waals surface area contributed by atoms with Crippen LogP contribution in [0, 0.1) is 5.95 Å². The van der Waals surface area contributed by atoms with Crippen molar-refractivity contribution in [2.45, 2.75) is 11.8 Å². The van der Waals surface area contributed by atoms with Crippen molar-refractivity contribution in [2.75, 3.05) is 0 Å². The molecule has 1 aromatic rings. The van der Waals surface area contributed by atoms with Gasteiger partial charge in [0.05, 0.1) is 0 Å². The average molecular weight is 319 g/mol.